The van der Waals surface area contributed by atoms with E-state index in [1.807, 2.05) is 86.6 Å². The van der Waals surface area contributed by atoms with Gasteiger partial charge in [-0.15, -0.1) is 0 Å². The number of hydrogen-bond acceptors (Lipinski definition) is 3. The Morgan fingerprint density at radius 1 is 0.885 bits per heavy atom. The number of anilines is 3. The lowest BCUT2D eigenvalue weighted by Gasteiger charge is -2.13. The molecule has 3 rings (SSSR count). The lowest BCUT2D eigenvalue weighted by atomic mass is 10.1. The number of benzene rings is 3. The van der Waals surface area contributed by atoms with Crippen LogP contribution in [0.25, 0.3) is 0 Å². The molecular weight excluding hydrogens is 324 g/mol. The van der Waals surface area contributed by atoms with Crippen LogP contribution in [0, 0.1) is 6.92 Å². The first kappa shape index (κ1) is 17.5. The molecule has 4 nitrogen and oxygen atoms in total. The summed E-state index contributed by atoms with van der Waals surface area (Å²) < 4.78 is 5.63. The van der Waals surface area contributed by atoms with Gasteiger partial charge in [-0.25, -0.2) is 0 Å². The van der Waals surface area contributed by atoms with Crippen molar-refractivity contribution in [3.8, 4) is 5.75 Å². The molecule has 0 unspecified atom stereocenters. The van der Waals surface area contributed by atoms with Gasteiger partial charge in [-0.3, -0.25) is 4.79 Å². The van der Waals surface area contributed by atoms with Gasteiger partial charge >= 0.3 is 0 Å². The summed E-state index contributed by atoms with van der Waals surface area (Å²) in [6.45, 7) is 4.50. The molecule has 4 heteroatoms. The summed E-state index contributed by atoms with van der Waals surface area (Å²) in [5.74, 6) is 0.706. The van der Waals surface area contributed by atoms with Crippen LogP contribution >= 0.6 is 0 Å². The number of nitrogens with one attached hydrogen (secondary N) is 2. The van der Waals surface area contributed by atoms with Crippen molar-refractivity contribution in [1.82, 2.24) is 0 Å². The summed E-state index contributed by atoms with van der Waals surface area (Å²) in [5, 5.41) is 6.27. The molecule has 3 aromatic rings. The van der Waals surface area contributed by atoms with Gasteiger partial charge in [0.1, 0.15) is 5.75 Å². The van der Waals surface area contributed by atoms with Crippen molar-refractivity contribution in [3.05, 3.63) is 83.9 Å². The molecule has 0 saturated carbocycles. The number of hydrogen-bond donors (Lipinski definition) is 2. The van der Waals surface area contributed by atoms with Crippen molar-refractivity contribution in [2.75, 3.05) is 17.2 Å². The van der Waals surface area contributed by atoms with Crippen LogP contribution in [0.4, 0.5) is 17.1 Å². The maximum absolute atomic E-state index is 12.4. The number of ether oxygens (including phenoxy) is 1. The highest BCUT2D eigenvalue weighted by Gasteiger charge is 2.08. The van der Waals surface area contributed by atoms with E-state index in [4.69, 9.17) is 4.74 Å². The fourth-order valence-corrected chi connectivity index (χ4v) is 2.67. The van der Waals surface area contributed by atoms with Crippen LogP contribution in [0.2, 0.25) is 0 Å². The second-order valence-corrected chi connectivity index (χ2v) is 5.90. The zero-order valence-electron chi connectivity index (χ0n) is 15.0. The SMILES string of the molecule is CCOc1ccccc1Nc1ccc(NC(=O)c2ccccc2C)cc1. The lowest BCUT2D eigenvalue weighted by molar-refractivity contribution is 0.102. The van der Waals surface area contributed by atoms with Crippen LogP contribution in [0.5, 0.6) is 5.75 Å². The quantitative estimate of drug-likeness (QED) is 0.629. The largest absolute Gasteiger partial charge is 0.492 e. The van der Waals surface area contributed by atoms with Crippen molar-refractivity contribution in [2.24, 2.45) is 0 Å². The Balaban J connectivity index is 1.69. The van der Waals surface area contributed by atoms with E-state index in [2.05, 4.69) is 10.6 Å². The van der Waals surface area contributed by atoms with Crippen LogP contribution in [-0.2, 0) is 0 Å². The number of amides is 1. The lowest BCUT2D eigenvalue weighted by Crippen LogP contribution is -2.13. The number of para-hydroxylation sites is 2. The Morgan fingerprint density at radius 3 is 2.27 bits per heavy atom. The minimum absolute atomic E-state index is 0.106. The molecule has 1 amide bonds. The van der Waals surface area contributed by atoms with Gasteiger partial charge in [-0.2, -0.15) is 0 Å². The molecule has 0 radical (unpaired) electrons. The minimum atomic E-state index is -0.106. The molecule has 0 fully saturated rings. The Labute approximate surface area is 153 Å². The first-order chi connectivity index (χ1) is 12.7. The molecule has 0 aliphatic carbocycles. The average molecular weight is 346 g/mol. The molecule has 0 bridgehead atoms. The van der Waals surface area contributed by atoms with Crippen LogP contribution in [-0.4, -0.2) is 12.5 Å². The Bertz CT molecular complexity index is 889. The molecule has 0 atom stereocenters. The molecule has 0 saturated heterocycles. The monoisotopic (exact) mass is 346 g/mol. The second-order valence-electron chi connectivity index (χ2n) is 5.90. The van der Waals surface area contributed by atoms with Gasteiger partial charge in [0.25, 0.3) is 5.91 Å². The summed E-state index contributed by atoms with van der Waals surface area (Å²) in [6, 6.07) is 23.0. The first-order valence-corrected chi connectivity index (χ1v) is 8.63. The third-order valence-electron chi connectivity index (χ3n) is 4.00. The summed E-state index contributed by atoms with van der Waals surface area (Å²) in [7, 11) is 0. The van der Waals surface area contributed by atoms with Gasteiger partial charge in [0.05, 0.1) is 12.3 Å². The van der Waals surface area contributed by atoms with Gasteiger partial charge in [0.2, 0.25) is 0 Å². The zero-order chi connectivity index (χ0) is 18.4. The average Bonchev–Trinajstić information content (AvgIpc) is 2.65. The minimum Gasteiger partial charge on any atom is -0.492 e. The van der Waals surface area contributed by atoms with Gasteiger partial charge in [0.15, 0.2) is 0 Å². The molecule has 0 aromatic heterocycles. The number of aryl methyl sites for hydroxylation is 1. The van der Waals surface area contributed by atoms with Gasteiger partial charge in [-0.1, -0.05) is 30.3 Å². The van der Waals surface area contributed by atoms with Crippen LogP contribution < -0.4 is 15.4 Å². The zero-order valence-corrected chi connectivity index (χ0v) is 15.0. The number of carbonyl (C=O) groups is 1. The topological polar surface area (TPSA) is 50.4 Å². The fourth-order valence-electron chi connectivity index (χ4n) is 2.67. The predicted molar refractivity (Wildman–Crippen MR) is 106 cm³/mol. The molecule has 0 heterocycles. The van der Waals surface area contributed by atoms with Crippen molar-refractivity contribution < 1.29 is 9.53 Å². The highest BCUT2D eigenvalue weighted by Crippen LogP contribution is 2.28. The van der Waals surface area contributed by atoms with E-state index < -0.39 is 0 Å². The third kappa shape index (κ3) is 4.22. The second kappa shape index (κ2) is 8.21. The van der Waals surface area contributed by atoms with E-state index in [0.29, 0.717) is 12.2 Å². The summed E-state index contributed by atoms with van der Waals surface area (Å²) in [4.78, 5) is 12.4. The maximum atomic E-state index is 12.4. The summed E-state index contributed by atoms with van der Waals surface area (Å²) in [5.41, 5.74) is 4.22. The van der Waals surface area contributed by atoms with E-state index in [-0.39, 0.29) is 5.91 Å². The molecule has 2 N–H and O–H groups in total. The van der Waals surface area contributed by atoms with Crippen molar-refractivity contribution in [3.63, 3.8) is 0 Å². The van der Waals surface area contributed by atoms with E-state index in [1.165, 1.54) is 0 Å². The van der Waals surface area contributed by atoms with E-state index in [0.717, 1.165) is 28.4 Å². The fraction of sp³-hybridized carbons (Fsp3) is 0.136. The molecule has 0 aliphatic heterocycles. The number of rotatable bonds is 6. The van der Waals surface area contributed by atoms with Crippen molar-refractivity contribution >= 4 is 23.0 Å². The Kier molecular flexibility index (Phi) is 5.54. The summed E-state index contributed by atoms with van der Waals surface area (Å²) >= 11 is 0. The van der Waals surface area contributed by atoms with Gasteiger partial charge in [0, 0.05) is 16.9 Å². The van der Waals surface area contributed by atoms with E-state index in [9.17, 15) is 4.79 Å². The van der Waals surface area contributed by atoms with Gasteiger partial charge in [-0.05, 0) is 61.9 Å². The standard InChI is InChI=1S/C22H22N2O2/c1-3-26-21-11-7-6-10-20(21)23-17-12-14-18(15-13-17)24-22(25)19-9-5-4-8-16(19)2/h4-15,23H,3H2,1-2H3,(H,24,25). The molecule has 0 spiro atoms. The van der Waals surface area contributed by atoms with E-state index >= 15 is 0 Å². The van der Waals surface area contributed by atoms with Crippen molar-refractivity contribution in [1.29, 1.82) is 0 Å². The highest BCUT2D eigenvalue weighted by molar-refractivity contribution is 6.05. The molecule has 3 aromatic carbocycles. The Hall–Kier alpha value is -3.27. The molecule has 0 aliphatic rings. The predicted octanol–water partition coefficient (Wildman–Crippen LogP) is 5.39. The first-order valence-electron chi connectivity index (χ1n) is 8.63. The van der Waals surface area contributed by atoms with Crippen LogP contribution in [0.1, 0.15) is 22.8 Å². The molecule has 26 heavy (non-hydrogen) atoms. The van der Waals surface area contributed by atoms with E-state index in [1.54, 1.807) is 0 Å². The smallest absolute Gasteiger partial charge is 0.255 e. The van der Waals surface area contributed by atoms with Crippen molar-refractivity contribution in [2.45, 2.75) is 13.8 Å². The normalized spacial score (nSPS) is 10.2. The number of carbonyl (C=O) groups excluding carboxylic acids is 1. The highest BCUT2D eigenvalue weighted by atomic mass is 16.5. The third-order valence-corrected chi connectivity index (χ3v) is 4.00. The van der Waals surface area contributed by atoms with Crippen LogP contribution in [0.15, 0.2) is 72.8 Å². The van der Waals surface area contributed by atoms with Crippen LogP contribution in [0.3, 0.4) is 0 Å². The summed E-state index contributed by atoms with van der Waals surface area (Å²) in [6.07, 6.45) is 0. The van der Waals surface area contributed by atoms with Gasteiger partial charge < -0.3 is 15.4 Å². The molecular formula is C22H22N2O2. The molecule has 132 valence electrons. The Morgan fingerprint density at radius 2 is 1.54 bits per heavy atom. The maximum Gasteiger partial charge on any atom is 0.255 e.